The molecule has 0 saturated heterocycles. The third kappa shape index (κ3) is 6.14. The van der Waals surface area contributed by atoms with Gasteiger partial charge in [-0.3, -0.25) is 14.9 Å². The van der Waals surface area contributed by atoms with E-state index in [0.29, 0.717) is 10.7 Å². The van der Waals surface area contributed by atoms with Gasteiger partial charge in [-0.15, -0.1) is 0 Å². The van der Waals surface area contributed by atoms with E-state index in [1.165, 1.54) is 49.6 Å². The molecule has 1 amide bonds. The molecule has 0 unspecified atom stereocenters. The number of carbonyl (C=O) groups excluding carboxylic acids is 1. The lowest BCUT2D eigenvalue weighted by atomic mass is 10.1. The van der Waals surface area contributed by atoms with E-state index in [2.05, 4.69) is 5.32 Å². The standard InChI is InChI=1S/C23H16ClN3O7S/c1-33-20-10-9-15(11-16(14-25)23(28)26-18-6-4-5-17(24)13-18)12-21(20)34-35(31,32)22-8-3-2-7-19(22)27(29)30/h2-13H,1H3,(H,26,28)/b16-11+. The van der Waals surface area contributed by atoms with Crippen molar-refractivity contribution in [1.82, 2.24) is 0 Å². The van der Waals surface area contributed by atoms with Gasteiger partial charge >= 0.3 is 10.1 Å². The second-order valence-corrected chi connectivity index (χ2v) is 8.76. The van der Waals surface area contributed by atoms with Crippen molar-refractivity contribution in [3.63, 3.8) is 0 Å². The molecule has 0 atom stereocenters. The van der Waals surface area contributed by atoms with E-state index in [4.69, 9.17) is 20.5 Å². The second-order valence-electron chi connectivity index (χ2n) is 6.81. The van der Waals surface area contributed by atoms with Crippen LogP contribution in [0.25, 0.3) is 6.08 Å². The number of hydrogen-bond acceptors (Lipinski definition) is 8. The Morgan fingerprint density at radius 2 is 1.86 bits per heavy atom. The number of benzene rings is 3. The highest BCUT2D eigenvalue weighted by molar-refractivity contribution is 7.87. The van der Waals surface area contributed by atoms with Gasteiger partial charge in [0.2, 0.25) is 0 Å². The van der Waals surface area contributed by atoms with Crippen molar-refractivity contribution in [2.24, 2.45) is 0 Å². The average Bonchev–Trinajstić information content (AvgIpc) is 2.82. The van der Waals surface area contributed by atoms with Crippen LogP contribution in [0.1, 0.15) is 5.56 Å². The number of carbonyl (C=O) groups is 1. The topological polar surface area (TPSA) is 149 Å². The van der Waals surface area contributed by atoms with E-state index in [9.17, 15) is 28.6 Å². The van der Waals surface area contributed by atoms with Gasteiger partial charge in [-0.2, -0.15) is 13.7 Å². The molecule has 35 heavy (non-hydrogen) atoms. The fraction of sp³-hybridized carbons (Fsp3) is 0.0435. The van der Waals surface area contributed by atoms with Gasteiger partial charge in [-0.1, -0.05) is 35.9 Å². The lowest BCUT2D eigenvalue weighted by Gasteiger charge is -2.12. The third-order valence-corrected chi connectivity index (χ3v) is 5.99. The van der Waals surface area contributed by atoms with E-state index in [1.54, 1.807) is 24.3 Å². The maximum atomic E-state index is 12.8. The monoisotopic (exact) mass is 513 g/mol. The lowest BCUT2D eigenvalue weighted by molar-refractivity contribution is -0.387. The number of amides is 1. The van der Waals surface area contributed by atoms with Gasteiger partial charge in [0.15, 0.2) is 16.4 Å². The summed E-state index contributed by atoms with van der Waals surface area (Å²) >= 11 is 5.90. The molecule has 0 heterocycles. The van der Waals surface area contributed by atoms with Crippen molar-refractivity contribution in [2.75, 3.05) is 12.4 Å². The minimum atomic E-state index is -4.63. The number of nitrogens with one attached hydrogen (secondary N) is 1. The highest BCUT2D eigenvalue weighted by atomic mass is 35.5. The summed E-state index contributed by atoms with van der Waals surface area (Å²) in [7, 11) is -3.36. The zero-order valence-electron chi connectivity index (χ0n) is 18.0. The summed E-state index contributed by atoms with van der Waals surface area (Å²) in [5.74, 6) is -1.02. The quantitative estimate of drug-likeness (QED) is 0.151. The van der Waals surface area contributed by atoms with Gasteiger partial charge in [0, 0.05) is 16.8 Å². The molecule has 0 bridgehead atoms. The minimum Gasteiger partial charge on any atom is -0.493 e. The smallest absolute Gasteiger partial charge is 0.346 e. The van der Waals surface area contributed by atoms with Crippen LogP contribution in [0.4, 0.5) is 11.4 Å². The molecule has 1 N–H and O–H groups in total. The van der Waals surface area contributed by atoms with Gasteiger partial charge in [0.25, 0.3) is 11.6 Å². The molecule has 0 aliphatic rings. The van der Waals surface area contributed by atoms with Crippen LogP contribution in [0.15, 0.2) is 77.2 Å². The van der Waals surface area contributed by atoms with Crippen molar-refractivity contribution < 1.29 is 27.1 Å². The molecule has 178 valence electrons. The van der Waals surface area contributed by atoms with Crippen molar-refractivity contribution in [1.29, 1.82) is 5.26 Å². The maximum absolute atomic E-state index is 12.8. The van der Waals surface area contributed by atoms with Crippen LogP contribution in [-0.4, -0.2) is 26.4 Å². The molecule has 0 fully saturated rings. The number of anilines is 1. The molecule has 0 aromatic heterocycles. The zero-order valence-corrected chi connectivity index (χ0v) is 19.5. The predicted octanol–water partition coefficient (Wildman–Crippen LogP) is 4.57. The van der Waals surface area contributed by atoms with Gasteiger partial charge in [0.05, 0.1) is 12.0 Å². The van der Waals surface area contributed by atoms with Gasteiger partial charge in [-0.05, 0) is 48.0 Å². The molecule has 3 aromatic carbocycles. The number of halogens is 1. The highest BCUT2D eigenvalue weighted by Crippen LogP contribution is 2.33. The second kappa shape index (κ2) is 10.7. The van der Waals surface area contributed by atoms with E-state index in [-0.39, 0.29) is 22.6 Å². The summed E-state index contributed by atoms with van der Waals surface area (Å²) in [6.07, 6.45) is 1.21. The van der Waals surface area contributed by atoms with Crippen molar-refractivity contribution in [2.45, 2.75) is 4.90 Å². The van der Waals surface area contributed by atoms with Crippen LogP contribution in [0.5, 0.6) is 11.5 Å². The maximum Gasteiger partial charge on any atom is 0.346 e. The largest absolute Gasteiger partial charge is 0.493 e. The molecule has 10 nitrogen and oxygen atoms in total. The number of nitro groups is 1. The first-order valence-corrected chi connectivity index (χ1v) is 11.5. The number of nitro benzene ring substituents is 1. The molecule has 3 aromatic rings. The van der Waals surface area contributed by atoms with Crippen molar-refractivity contribution in [3.8, 4) is 17.6 Å². The van der Waals surface area contributed by atoms with Crippen LogP contribution < -0.4 is 14.2 Å². The molecule has 0 spiro atoms. The number of hydrogen-bond donors (Lipinski definition) is 1. The molecular weight excluding hydrogens is 498 g/mol. The summed E-state index contributed by atoms with van der Waals surface area (Å²) < 4.78 is 35.9. The van der Waals surface area contributed by atoms with E-state index >= 15 is 0 Å². The Balaban J connectivity index is 1.95. The van der Waals surface area contributed by atoms with E-state index in [1.807, 2.05) is 0 Å². The van der Waals surface area contributed by atoms with Crippen molar-refractivity contribution >= 4 is 45.1 Å². The van der Waals surface area contributed by atoms with E-state index < -0.39 is 31.5 Å². The van der Waals surface area contributed by atoms with Crippen LogP contribution in [0.3, 0.4) is 0 Å². The van der Waals surface area contributed by atoms with Crippen LogP contribution >= 0.6 is 11.6 Å². The first-order chi connectivity index (χ1) is 16.6. The number of rotatable bonds is 8. The Hall–Kier alpha value is -4.40. The molecule has 0 aliphatic heterocycles. The highest BCUT2D eigenvalue weighted by Gasteiger charge is 2.28. The summed E-state index contributed by atoms with van der Waals surface area (Å²) in [5.41, 5.74) is -0.344. The molecule has 12 heteroatoms. The third-order valence-electron chi connectivity index (χ3n) is 4.48. The number of ether oxygens (including phenoxy) is 1. The fourth-order valence-electron chi connectivity index (χ4n) is 2.91. The Kier molecular flexibility index (Phi) is 7.70. The minimum absolute atomic E-state index is 0.00574. The van der Waals surface area contributed by atoms with E-state index in [0.717, 1.165) is 12.1 Å². The summed E-state index contributed by atoms with van der Waals surface area (Å²) in [4.78, 5) is 22.3. The van der Waals surface area contributed by atoms with Crippen LogP contribution in [0, 0.1) is 21.4 Å². The summed E-state index contributed by atoms with van der Waals surface area (Å²) in [6.45, 7) is 0. The number of nitriles is 1. The average molecular weight is 514 g/mol. The first-order valence-electron chi connectivity index (χ1n) is 9.69. The molecule has 0 saturated carbocycles. The van der Waals surface area contributed by atoms with Crippen molar-refractivity contribution in [3.05, 3.63) is 93.0 Å². The van der Waals surface area contributed by atoms with Gasteiger partial charge in [0.1, 0.15) is 11.6 Å². The number of para-hydroxylation sites is 1. The molecule has 0 aliphatic carbocycles. The lowest BCUT2D eigenvalue weighted by Crippen LogP contribution is -2.13. The molecule has 0 radical (unpaired) electrons. The molecular formula is C23H16ClN3O7S. The van der Waals surface area contributed by atoms with Crippen LogP contribution in [0.2, 0.25) is 5.02 Å². The fourth-order valence-corrected chi connectivity index (χ4v) is 4.20. The Bertz CT molecular complexity index is 1480. The zero-order chi connectivity index (χ0) is 25.6. The van der Waals surface area contributed by atoms with Gasteiger partial charge < -0.3 is 14.2 Å². The Morgan fingerprint density at radius 3 is 2.51 bits per heavy atom. The number of nitrogens with zero attached hydrogens (tertiary/aromatic N) is 2. The van der Waals surface area contributed by atoms with Crippen LogP contribution in [-0.2, 0) is 14.9 Å². The number of methoxy groups -OCH3 is 1. The first kappa shape index (κ1) is 25.2. The Morgan fingerprint density at radius 1 is 1.11 bits per heavy atom. The summed E-state index contributed by atoms with van der Waals surface area (Å²) in [6, 6.07) is 16.9. The predicted molar refractivity (Wildman–Crippen MR) is 128 cm³/mol. The normalized spacial score (nSPS) is 11.3. The SMILES string of the molecule is COc1ccc(/C=C(\C#N)C(=O)Nc2cccc(Cl)c2)cc1OS(=O)(=O)c1ccccc1[N+](=O)[O-]. The van der Waals surface area contributed by atoms with Gasteiger partial charge in [-0.25, -0.2) is 0 Å². The molecule has 3 rings (SSSR count). The Labute approximate surface area is 205 Å². The summed E-state index contributed by atoms with van der Waals surface area (Å²) in [5, 5.41) is 23.6.